The molecule has 0 aromatic heterocycles. The minimum absolute atomic E-state index is 0.0122. The second kappa shape index (κ2) is 6.60. The Hall–Kier alpha value is -0.760. The third-order valence-electron chi connectivity index (χ3n) is 2.49. The minimum Gasteiger partial charge on any atom is -0.478 e. The summed E-state index contributed by atoms with van der Waals surface area (Å²) in [6, 6.07) is 3.66. The molecule has 0 aliphatic rings. The van der Waals surface area contributed by atoms with Crippen LogP contribution in [0.1, 0.15) is 10.4 Å². The van der Waals surface area contributed by atoms with Gasteiger partial charge in [-0.1, -0.05) is 11.6 Å². The van der Waals surface area contributed by atoms with Crippen molar-refractivity contribution in [3.63, 3.8) is 0 Å². The summed E-state index contributed by atoms with van der Waals surface area (Å²) in [5, 5.41) is 8.95. The first-order chi connectivity index (χ1) is 8.80. The van der Waals surface area contributed by atoms with Crippen LogP contribution in [0.15, 0.2) is 23.1 Å². The van der Waals surface area contributed by atoms with Crippen LogP contribution >= 0.6 is 23.4 Å². The van der Waals surface area contributed by atoms with E-state index in [-0.39, 0.29) is 15.5 Å². The fourth-order valence-corrected chi connectivity index (χ4v) is 3.32. The monoisotopic (exact) mass is 323 g/mol. The zero-order valence-electron chi connectivity index (χ0n) is 10.5. The Kier molecular flexibility index (Phi) is 5.66. The highest BCUT2D eigenvalue weighted by Crippen LogP contribution is 2.22. The zero-order chi connectivity index (χ0) is 14.6. The van der Waals surface area contributed by atoms with Crippen LogP contribution in [0.5, 0.6) is 0 Å². The number of aromatic carboxylic acids is 1. The van der Waals surface area contributed by atoms with E-state index in [0.717, 1.165) is 6.07 Å². The first-order valence-electron chi connectivity index (χ1n) is 5.29. The maximum Gasteiger partial charge on any atom is 0.337 e. The first-order valence-corrected chi connectivity index (χ1v) is 8.50. The van der Waals surface area contributed by atoms with Crippen LogP contribution < -0.4 is 0 Å². The van der Waals surface area contributed by atoms with Gasteiger partial charge in [0.2, 0.25) is 10.0 Å². The Labute approximate surface area is 121 Å². The normalized spacial score (nSPS) is 11.8. The average Bonchev–Trinajstić information content (AvgIpc) is 2.35. The van der Waals surface area contributed by atoms with Gasteiger partial charge in [-0.25, -0.2) is 17.5 Å². The SMILES string of the molecule is CSCCN(C)S(=O)(=O)c1ccc(Cl)c(C(=O)O)c1. The number of hydrogen-bond donors (Lipinski definition) is 1. The van der Waals surface area contributed by atoms with Gasteiger partial charge in [-0.2, -0.15) is 11.8 Å². The molecule has 0 amide bonds. The molecule has 0 aliphatic heterocycles. The molecular weight excluding hydrogens is 310 g/mol. The van der Waals surface area contributed by atoms with E-state index in [1.54, 1.807) is 0 Å². The van der Waals surface area contributed by atoms with Crippen molar-refractivity contribution >= 4 is 39.4 Å². The van der Waals surface area contributed by atoms with Crippen molar-refractivity contribution in [3.8, 4) is 0 Å². The van der Waals surface area contributed by atoms with Crippen molar-refractivity contribution in [1.29, 1.82) is 0 Å². The Morgan fingerprint density at radius 3 is 2.63 bits per heavy atom. The Bertz CT molecular complexity index is 574. The topological polar surface area (TPSA) is 74.7 Å². The molecule has 0 heterocycles. The summed E-state index contributed by atoms with van der Waals surface area (Å²) >= 11 is 7.24. The van der Waals surface area contributed by atoms with Crippen LogP contribution in [0.4, 0.5) is 0 Å². The molecule has 0 bridgehead atoms. The molecule has 106 valence electrons. The largest absolute Gasteiger partial charge is 0.478 e. The molecule has 1 N–H and O–H groups in total. The quantitative estimate of drug-likeness (QED) is 0.867. The number of rotatable bonds is 6. The third kappa shape index (κ3) is 3.85. The van der Waals surface area contributed by atoms with Gasteiger partial charge >= 0.3 is 5.97 Å². The van der Waals surface area contributed by atoms with Crippen molar-refractivity contribution in [1.82, 2.24) is 4.31 Å². The number of sulfonamides is 1. The molecule has 1 aromatic carbocycles. The molecule has 8 heteroatoms. The number of thioether (sulfide) groups is 1. The number of carboxylic acid groups (broad SMARTS) is 1. The molecule has 5 nitrogen and oxygen atoms in total. The summed E-state index contributed by atoms with van der Waals surface area (Å²) in [5.41, 5.74) is -0.221. The highest BCUT2D eigenvalue weighted by molar-refractivity contribution is 7.98. The molecule has 0 spiro atoms. The van der Waals surface area contributed by atoms with E-state index < -0.39 is 16.0 Å². The third-order valence-corrected chi connectivity index (χ3v) is 5.26. The van der Waals surface area contributed by atoms with Gasteiger partial charge in [0, 0.05) is 19.3 Å². The van der Waals surface area contributed by atoms with E-state index in [0.29, 0.717) is 12.3 Å². The zero-order valence-corrected chi connectivity index (χ0v) is 12.8. The fourth-order valence-electron chi connectivity index (χ4n) is 1.35. The van der Waals surface area contributed by atoms with Gasteiger partial charge in [0.1, 0.15) is 0 Å². The highest BCUT2D eigenvalue weighted by Gasteiger charge is 2.22. The molecule has 19 heavy (non-hydrogen) atoms. The van der Waals surface area contributed by atoms with Gasteiger partial charge in [0.05, 0.1) is 15.5 Å². The lowest BCUT2D eigenvalue weighted by Gasteiger charge is -2.17. The number of carboxylic acids is 1. The summed E-state index contributed by atoms with van der Waals surface area (Å²) in [5.74, 6) is -0.594. The van der Waals surface area contributed by atoms with Gasteiger partial charge < -0.3 is 5.11 Å². The smallest absolute Gasteiger partial charge is 0.337 e. The van der Waals surface area contributed by atoms with Crippen molar-refractivity contribution in [2.45, 2.75) is 4.90 Å². The Morgan fingerprint density at radius 1 is 1.47 bits per heavy atom. The molecule has 0 atom stereocenters. The van der Waals surface area contributed by atoms with Gasteiger partial charge in [-0.3, -0.25) is 0 Å². The average molecular weight is 324 g/mol. The van der Waals surface area contributed by atoms with E-state index in [1.165, 1.54) is 35.2 Å². The number of carbonyl (C=O) groups is 1. The molecule has 1 rings (SSSR count). The number of benzene rings is 1. The summed E-state index contributed by atoms with van der Waals surface area (Å²) in [6.07, 6.45) is 1.88. The molecule has 0 unspecified atom stereocenters. The first kappa shape index (κ1) is 16.3. The number of halogens is 1. The summed E-state index contributed by atoms with van der Waals surface area (Å²) in [6.45, 7) is 0.356. The van der Waals surface area contributed by atoms with Gasteiger partial charge in [-0.15, -0.1) is 0 Å². The second-order valence-electron chi connectivity index (χ2n) is 3.77. The predicted molar refractivity (Wildman–Crippen MR) is 76.6 cm³/mol. The molecule has 0 aliphatic carbocycles. The summed E-state index contributed by atoms with van der Waals surface area (Å²) in [7, 11) is -2.23. The van der Waals surface area contributed by atoms with Crippen molar-refractivity contribution in [2.24, 2.45) is 0 Å². The van der Waals surface area contributed by atoms with Gasteiger partial charge in [-0.05, 0) is 24.5 Å². The molecule has 0 fully saturated rings. The Morgan fingerprint density at radius 2 is 2.11 bits per heavy atom. The maximum absolute atomic E-state index is 12.2. The lowest BCUT2D eigenvalue weighted by Crippen LogP contribution is -2.29. The maximum atomic E-state index is 12.2. The van der Waals surface area contributed by atoms with E-state index in [9.17, 15) is 13.2 Å². The van der Waals surface area contributed by atoms with E-state index in [4.69, 9.17) is 16.7 Å². The molecule has 1 aromatic rings. The van der Waals surface area contributed by atoms with Crippen LogP contribution in [0, 0.1) is 0 Å². The van der Waals surface area contributed by atoms with Crippen molar-refractivity contribution in [2.75, 3.05) is 25.6 Å². The molecule has 0 radical (unpaired) electrons. The summed E-state index contributed by atoms with van der Waals surface area (Å²) < 4.78 is 25.6. The van der Waals surface area contributed by atoms with Gasteiger partial charge in [0.15, 0.2) is 0 Å². The second-order valence-corrected chi connectivity index (χ2v) is 7.20. The van der Waals surface area contributed by atoms with Crippen LogP contribution in [0.25, 0.3) is 0 Å². The summed E-state index contributed by atoms with van der Waals surface area (Å²) in [4.78, 5) is 10.9. The molecular formula is C11H14ClNO4S2. The Balaban J connectivity index is 3.15. The lowest BCUT2D eigenvalue weighted by molar-refractivity contribution is 0.0697. The van der Waals surface area contributed by atoms with Crippen LogP contribution in [-0.2, 0) is 10.0 Å². The number of nitrogens with zero attached hydrogens (tertiary/aromatic N) is 1. The standard InChI is InChI=1S/C11H14ClNO4S2/c1-13(5-6-18-2)19(16,17)8-3-4-10(12)9(7-8)11(14)15/h3-4,7H,5-6H2,1-2H3,(H,14,15). The van der Waals surface area contributed by atoms with Crippen LogP contribution in [-0.4, -0.2) is 49.4 Å². The van der Waals surface area contributed by atoms with Crippen molar-refractivity contribution in [3.05, 3.63) is 28.8 Å². The highest BCUT2D eigenvalue weighted by atomic mass is 35.5. The van der Waals surface area contributed by atoms with E-state index in [1.807, 2.05) is 6.26 Å². The fraction of sp³-hybridized carbons (Fsp3) is 0.364. The minimum atomic E-state index is -3.69. The van der Waals surface area contributed by atoms with Crippen LogP contribution in [0.3, 0.4) is 0 Å². The van der Waals surface area contributed by atoms with E-state index >= 15 is 0 Å². The predicted octanol–water partition coefficient (Wildman–Crippen LogP) is 2.02. The van der Waals surface area contributed by atoms with E-state index in [2.05, 4.69) is 0 Å². The number of hydrogen-bond acceptors (Lipinski definition) is 4. The molecule has 0 saturated heterocycles. The molecule has 0 saturated carbocycles. The van der Waals surface area contributed by atoms with Crippen LogP contribution in [0.2, 0.25) is 5.02 Å². The lowest BCUT2D eigenvalue weighted by atomic mass is 10.2. The van der Waals surface area contributed by atoms with Crippen molar-refractivity contribution < 1.29 is 18.3 Å². The van der Waals surface area contributed by atoms with Gasteiger partial charge in [0.25, 0.3) is 0 Å².